The van der Waals surface area contributed by atoms with E-state index in [-0.39, 0.29) is 6.04 Å². The quantitative estimate of drug-likeness (QED) is 0.753. The predicted molar refractivity (Wildman–Crippen MR) is 71.0 cm³/mol. The number of fused-ring (bicyclic) bond motifs is 1. The van der Waals surface area contributed by atoms with Gasteiger partial charge >= 0.3 is 0 Å². The van der Waals surface area contributed by atoms with E-state index in [4.69, 9.17) is 11.6 Å². The third-order valence-electron chi connectivity index (χ3n) is 4.51. The van der Waals surface area contributed by atoms with Gasteiger partial charge in [-0.05, 0) is 37.0 Å². The molecule has 2 aliphatic carbocycles. The summed E-state index contributed by atoms with van der Waals surface area (Å²) in [4.78, 5) is 12.2. The number of carbonyl (C=O) groups is 1. The van der Waals surface area contributed by atoms with Gasteiger partial charge in [-0.25, -0.2) is 0 Å². The molecule has 0 saturated heterocycles. The average molecular weight is 258 g/mol. The van der Waals surface area contributed by atoms with Crippen LogP contribution in [0.15, 0.2) is 0 Å². The highest BCUT2D eigenvalue weighted by molar-refractivity contribution is 6.17. The number of hydrogen-bond donors (Lipinski definition) is 1. The fraction of sp³-hybridized carbons (Fsp3) is 0.929. The highest BCUT2D eigenvalue weighted by Crippen LogP contribution is 2.55. The van der Waals surface area contributed by atoms with Crippen LogP contribution in [0.5, 0.6) is 0 Å². The number of carbonyl (C=O) groups excluding carboxylic acids is 1. The lowest BCUT2D eigenvalue weighted by Gasteiger charge is -2.21. The van der Waals surface area contributed by atoms with Crippen molar-refractivity contribution in [1.82, 2.24) is 5.32 Å². The predicted octanol–water partition coefficient (Wildman–Crippen LogP) is 3.19. The third kappa shape index (κ3) is 2.96. The maximum Gasteiger partial charge on any atom is 0.223 e. The highest BCUT2D eigenvalue weighted by Gasteiger charge is 2.54. The molecule has 0 aromatic heterocycles. The number of amides is 1. The highest BCUT2D eigenvalue weighted by atomic mass is 35.5. The van der Waals surface area contributed by atoms with Gasteiger partial charge in [-0.1, -0.05) is 26.7 Å². The van der Waals surface area contributed by atoms with E-state index in [9.17, 15) is 4.79 Å². The minimum atomic E-state index is 0.252. The molecule has 2 nitrogen and oxygen atoms in total. The zero-order valence-electron chi connectivity index (χ0n) is 10.9. The van der Waals surface area contributed by atoms with Gasteiger partial charge in [-0.2, -0.15) is 0 Å². The van der Waals surface area contributed by atoms with E-state index in [2.05, 4.69) is 19.2 Å². The van der Waals surface area contributed by atoms with Crippen LogP contribution >= 0.6 is 11.6 Å². The minimum Gasteiger partial charge on any atom is -0.353 e. The Balaban J connectivity index is 1.84. The largest absolute Gasteiger partial charge is 0.353 e. The molecule has 1 amide bonds. The molecule has 2 fully saturated rings. The Kier molecular flexibility index (Phi) is 4.35. The minimum absolute atomic E-state index is 0.252. The Morgan fingerprint density at radius 3 is 2.35 bits per heavy atom. The molecule has 3 heteroatoms. The second-order valence-electron chi connectivity index (χ2n) is 5.97. The Labute approximate surface area is 109 Å². The molecule has 0 aromatic rings. The first-order chi connectivity index (χ1) is 8.15. The molecule has 0 aliphatic heterocycles. The molecule has 0 heterocycles. The summed E-state index contributed by atoms with van der Waals surface area (Å²) < 4.78 is 0. The van der Waals surface area contributed by atoms with E-state index in [0.717, 1.165) is 6.42 Å². The van der Waals surface area contributed by atoms with Gasteiger partial charge in [0.25, 0.3) is 0 Å². The maximum atomic E-state index is 12.2. The average Bonchev–Trinajstić information content (AvgIpc) is 3.02. The Bertz CT molecular complexity index is 267. The molecular weight excluding hydrogens is 234 g/mol. The smallest absolute Gasteiger partial charge is 0.223 e. The van der Waals surface area contributed by atoms with E-state index in [0.29, 0.717) is 35.5 Å². The lowest BCUT2D eigenvalue weighted by Crippen LogP contribution is -2.40. The van der Waals surface area contributed by atoms with Crippen LogP contribution in [-0.4, -0.2) is 17.8 Å². The number of nitrogens with one attached hydrogen (secondary N) is 1. The fourth-order valence-electron chi connectivity index (χ4n) is 3.35. The van der Waals surface area contributed by atoms with Gasteiger partial charge in [0.2, 0.25) is 5.91 Å². The van der Waals surface area contributed by atoms with Crippen molar-refractivity contribution in [2.75, 3.05) is 5.88 Å². The molecule has 2 saturated carbocycles. The second kappa shape index (κ2) is 5.60. The Morgan fingerprint density at radius 2 is 1.88 bits per heavy atom. The standard InChI is InChI=1S/C14H24ClNO/c1-9(2)12(7-8-15)16-14(17)13-10-5-3-4-6-11(10)13/h9-13H,3-8H2,1-2H3,(H,16,17). The number of alkyl halides is 1. The van der Waals surface area contributed by atoms with Gasteiger partial charge in [0.05, 0.1) is 0 Å². The van der Waals surface area contributed by atoms with Crippen LogP contribution in [0.2, 0.25) is 0 Å². The van der Waals surface area contributed by atoms with Gasteiger partial charge in [-0.3, -0.25) is 4.79 Å². The molecule has 3 atom stereocenters. The SMILES string of the molecule is CC(C)C(CCCl)NC(=O)C1C2CCCCC21. The molecule has 2 rings (SSSR count). The van der Waals surface area contributed by atoms with Crippen molar-refractivity contribution in [3.63, 3.8) is 0 Å². The van der Waals surface area contributed by atoms with Crippen molar-refractivity contribution >= 4 is 17.5 Å². The van der Waals surface area contributed by atoms with E-state index >= 15 is 0 Å². The summed E-state index contributed by atoms with van der Waals surface area (Å²) in [5.41, 5.74) is 0. The summed E-state index contributed by atoms with van der Waals surface area (Å²) in [6, 6.07) is 0.252. The zero-order valence-corrected chi connectivity index (χ0v) is 11.7. The van der Waals surface area contributed by atoms with Crippen LogP contribution in [0.4, 0.5) is 0 Å². The molecular formula is C14H24ClNO. The first-order valence-corrected chi connectivity index (χ1v) is 7.55. The Hall–Kier alpha value is -0.240. The number of hydrogen-bond acceptors (Lipinski definition) is 1. The van der Waals surface area contributed by atoms with Gasteiger partial charge in [0, 0.05) is 17.8 Å². The summed E-state index contributed by atoms with van der Waals surface area (Å²) in [6.45, 7) is 4.30. The number of rotatable bonds is 5. The summed E-state index contributed by atoms with van der Waals surface area (Å²) in [7, 11) is 0. The van der Waals surface area contributed by atoms with Gasteiger partial charge in [-0.15, -0.1) is 11.6 Å². The lowest BCUT2D eigenvalue weighted by atomic mass is 10.0. The summed E-state index contributed by atoms with van der Waals surface area (Å²) in [5, 5.41) is 3.21. The molecule has 98 valence electrons. The first kappa shape index (κ1) is 13.2. The van der Waals surface area contributed by atoms with Gasteiger partial charge < -0.3 is 5.32 Å². The van der Waals surface area contributed by atoms with Crippen molar-refractivity contribution in [1.29, 1.82) is 0 Å². The van der Waals surface area contributed by atoms with Crippen LogP contribution in [0.25, 0.3) is 0 Å². The van der Waals surface area contributed by atoms with Crippen molar-refractivity contribution in [3.05, 3.63) is 0 Å². The molecule has 0 radical (unpaired) electrons. The van der Waals surface area contributed by atoms with Crippen LogP contribution < -0.4 is 5.32 Å². The summed E-state index contributed by atoms with van der Waals surface area (Å²) in [6.07, 6.45) is 6.06. The lowest BCUT2D eigenvalue weighted by molar-refractivity contribution is -0.123. The topological polar surface area (TPSA) is 29.1 Å². The molecule has 0 bridgehead atoms. The van der Waals surface area contributed by atoms with Crippen molar-refractivity contribution in [3.8, 4) is 0 Å². The zero-order chi connectivity index (χ0) is 12.4. The summed E-state index contributed by atoms with van der Waals surface area (Å²) in [5.74, 6) is 3.12. The molecule has 0 aromatic carbocycles. The third-order valence-corrected chi connectivity index (χ3v) is 4.73. The second-order valence-corrected chi connectivity index (χ2v) is 6.35. The Morgan fingerprint density at radius 1 is 1.29 bits per heavy atom. The molecule has 1 N–H and O–H groups in total. The van der Waals surface area contributed by atoms with Crippen molar-refractivity contribution in [2.24, 2.45) is 23.7 Å². The van der Waals surface area contributed by atoms with Crippen LogP contribution in [0, 0.1) is 23.7 Å². The van der Waals surface area contributed by atoms with Crippen LogP contribution in [-0.2, 0) is 4.79 Å². The molecule has 17 heavy (non-hydrogen) atoms. The monoisotopic (exact) mass is 257 g/mol. The number of halogens is 1. The van der Waals surface area contributed by atoms with Crippen molar-refractivity contribution in [2.45, 2.75) is 52.0 Å². The molecule has 2 aliphatic rings. The molecule has 3 unspecified atom stereocenters. The van der Waals surface area contributed by atoms with Crippen LogP contribution in [0.3, 0.4) is 0 Å². The molecule has 0 spiro atoms. The summed E-state index contributed by atoms with van der Waals surface area (Å²) >= 11 is 5.79. The normalized spacial score (nSPS) is 33.1. The van der Waals surface area contributed by atoms with Gasteiger partial charge in [0.15, 0.2) is 0 Å². The fourth-order valence-corrected chi connectivity index (χ4v) is 3.58. The van der Waals surface area contributed by atoms with E-state index in [1.165, 1.54) is 25.7 Å². The van der Waals surface area contributed by atoms with E-state index < -0.39 is 0 Å². The maximum absolute atomic E-state index is 12.2. The van der Waals surface area contributed by atoms with Crippen molar-refractivity contribution < 1.29 is 4.79 Å². The van der Waals surface area contributed by atoms with E-state index in [1.54, 1.807) is 0 Å². The van der Waals surface area contributed by atoms with E-state index in [1.807, 2.05) is 0 Å². The first-order valence-electron chi connectivity index (χ1n) is 7.01. The van der Waals surface area contributed by atoms with Gasteiger partial charge in [0.1, 0.15) is 0 Å². The van der Waals surface area contributed by atoms with Crippen LogP contribution in [0.1, 0.15) is 46.0 Å².